The van der Waals surface area contributed by atoms with Gasteiger partial charge >= 0.3 is 0 Å². The molecule has 2 aliphatic carbocycles. The number of pyridine rings is 1. The van der Waals surface area contributed by atoms with Crippen LogP contribution in [0.4, 0.5) is 5.69 Å². The van der Waals surface area contributed by atoms with E-state index < -0.39 is 5.91 Å². The Morgan fingerprint density at radius 3 is 2.56 bits per heavy atom. The van der Waals surface area contributed by atoms with Gasteiger partial charge in [0.1, 0.15) is 0 Å². The quantitative estimate of drug-likeness (QED) is 0.486. The summed E-state index contributed by atoms with van der Waals surface area (Å²) in [5.41, 5.74) is 10.8. The van der Waals surface area contributed by atoms with Crippen LogP contribution in [-0.2, 0) is 12.8 Å². The Morgan fingerprint density at radius 2 is 1.86 bits per heavy atom. The molecule has 2 aromatic heterocycles. The van der Waals surface area contributed by atoms with E-state index in [-0.39, 0.29) is 23.3 Å². The van der Waals surface area contributed by atoms with Crippen LogP contribution in [0, 0.1) is 5.41 Å². The second-order valence-corrected chi connectivity index (χ2v) is 10.9. The van der Waals surface area contributed by atoms with Crippen molar-refractivity contribution in [3.05, 3.63) is 70.8 Å². The van der Waals surface area contributed by atoms with Crippen molar-refractivity contribution < 1.29 is 14.7 Å². The van der Waals surface area contributed by atoms with E-state index in [1.54, 1.807) is 18.5 Å². The first kappa shape index (κ1) is 24.2. The molecule has 0 unspecified atom stereocenters. The van der Waals surface area contributed by atoms with Gasteiger partial charge in [-0.15, -0.1) is 0 Å². The summed E-state index contributed by atoms with van der Waals surface area (Å²) in [6.07, 6.45) is 8.06. The third kappa shape index (κ3) is 4.91. The minimum Gasteiger partial charge on any atom is -0.393 e. The number of Topliss-reactive ketones (excluding diaryl/α,β-unsaturated/α-hetero) is 1. The summed E-state index contributed by atoms with van der Waals surface area (Å²) in [7, 11) is 0. The van der Waals surface area contributed by atoms with Gasteiger partial charge in [0.2, 0.25) is 0 Å². The molecule has 1 saturated carbocycles. The van der Waals surface area contributed by atoms with E-state index in [4.69, 9.17) is 10.8 Å². The normalized spacial score (nSPS) is 21.1. The van der Waals surface area contributed by atoms with Crippen molar-refractivity contribution in [1.82, 2.24) is 14.8 Å². The number of benzene rings is 1. The van der Waals surface area contributed by atoms with Crippen LogP contribution >= 0.6 is 0 Å². The molecule has 1 fully saturated rings. The molecule has 1 aromatic carbocycles. The van der Waals surface area contributed by atoms with E-state index in [0.29, 0.717) is 29.7 Å². The number of primary amides is 1. The Balaban J connectivity index is 1.57. The number of hydrogen-bond donors (Lipinski definition) is 3. The van der Waals surface area contributed by atoms with Gasteiger partial charge in [-0.05, 0) is 73.4 Å². The number of anilines is 1. The highest BCUT2D eigenvalue weighted by molar-refractivity contribution is 6.00. The largest absolute Gasteiger partial charge is 0.393 e. The summed E-state index contributed by atoms with van der Waals surface area (Å²) in [4.78, 5) is 29.6. The van der Waals surface area contributed by atoms with Crippen molar-refractivity contribution in [2.24, 2.45) is 11.1 Å². The number of fused-ring (bicyclic) bond motifs is 1. The molecule has 3 aromatic rings. The summed E-state index contributed by atoms with van der Waals surface area (Å²) in [6.45, 7) is 4.21. The first-order valence-electron chi connectivity index (χ1n) is 12.6. The van der Waals surface area contributed by atoms with E-state index in [1.165, 1.54) is 0 Å². The van der Waals surface area contributed by atoms with Crippen molar-refractivity contribution in [1.29, 1.82) is 0 Å². The van der Waals surface area contributed by atoms with Crippen LogP contribution in [0.5, 0.6) is 0 Å². The van der Waals surface area contributed by atoms with Crippen LogP contribution < -0.4 is 11.1 Å². The van der Waals surface area contributed by atoms with Gasteiger partial charge in [0.25, 0.3) is 5.91 Å². The van der Waals surface area contributed by atoms with Crippen molar-refractivity contribution in [2.75, 3.05) is 5.32 Å². The lowest BCUT2D eigenvalue weighted by molar-refractivity contribution is 0.0909. The maximum absolute atomic E-state index is 13.3. The van der Waals surface area contributed by atoms with E-state index >= 15 is 0 Å². The van der Waals surface area contributed by atoms with Crippen LogP contribution in [0.15, 0.2) is 42.7 Å². The van der Waals surface area contributed by atoms with Gasteiger partial charge in [-0.2, -0.15) is 5.10 Å². The molecular weight excluding hydrogens is 454 g/mol. The van der Waals surface area contributed by atoms with E-state index in [0.717, 1.165) is 54.7 Å². The molecule has 0 aliphatic heterocycles. The average Bonchev–Trinajstić information content (AvgIpc) is 3.18. The number of nitrogens with one attached hydrogen (secondary N) is 1. The predicted molar refractivity (Wildman–Crippen MR) is 137 cm³/mol. The van der Waals surface area contributed by atoms with Crippen molar-refractivity contribution in [3.63, 3.8) is 0 Å². The molecule has 8 nitrogen and oxygen atoms in total. The number of aliphatic hydroxyl groups excluding tert-OH is 1. The zero-order valence-electron chi connectivity index (χ0n) is 20.8. The maximum atomic E-state index is 13.3. The number of ketones is 1. The Labute approximate surface area is 210 Å². The zero-order chi connectivity index (χ0) is 25.4. The van der Waals surface area contributed by atoms with E-state index in [9.17, 15) is 14.7 Å². The number of hydrogen-bond acceptors (Lipinski definition) is 6. The minimum absolute atomic E-state index is 0.115. The number of aliphatic hydroxyl groups is 1. The van der Waals surface area contributed by atoms with Crippen LogP contribution in [0.2, 0.25) is 0 Å². The molecule has 0 saturated heterocycles. The first-order valence-corrected chi connectivity index (χ1v) is 12.6. The Bertz CT molecular complexity index is 1290. The van der Waals surface area contributed by atoms with Crippen molar-refractivity contribution >= 4 is 17.4 Å². The van der Waals surface area contributed by atoms with E-state index in [2.05, 4.69) is 24.1 Å². The monoisotopic (exact) mass is 487 g/mol. The third-order valence-corrected chi connectivity index (χ3v) is 7.31. The van der Waals surface area contributed by atoms with Crippen LogP contribution in [-0.4, -0.2) is 43.7 Å². The highest BCUT2D eigenvalue weighted by Gasteiger charge is 2.36. The second kappa shape index (κ2) is 9.50. The molecule has 188 valence electrons. The lowest BCUT2D eigenvalue weighted by Crippen LogP contribution is -2.29. The number of aromatic nitrogens is 3. The number of nitrogens with zero attached hydrogens (tertiary/aromatic N) is 3. The Kier molecular flexibility index (Phi) is 6.38. The molecule has 5 rings (SSSR count). The highest BCUT2D eigenvalue weighted by Crippen LogP contribution is 2.38. The van der Waals surface area contributed by atoms with Gasteiger partial charge in [-0.25, -0.2) is 4.68 Å². The van der Waals surface area contributed by atoms with Crippen LogP contribution in [0.1, 0.15) is 83.6 Å². The van der Waals surface area contributed by atoms with Gasteiger partial charge < -0.3 is 16.2 Å². The Morgan fingerprint density at radius 1 is 1.14 bits per heavy atom. The van der Waals surface area contributed by atoms with Gasteiger partial charge in [0.05, 0.1) is 34.3 Å². The van der Waals surface area contributed by atoms with Gasteiger partial charge in [-0.1, -0.05) is 13.8 Å². The molecule has 8 heteroatoms. The molecule has 0 spiro atoms. The van der Waals surface area contributed by atoms with E-state index in [1.807, 2.05) is 28.9 Å². The number of nitrogens with two attached hydrogens (primary N) is 1. The summed E-state index contributed by atoms with van der Waals surface area (Å²) < 4.78 is 1.87. The molecule has 4 N–H and O–H groups in total. The summed E-state index contributed by atoms with van der Waals surface area (Å²) >= 11 is 0. The molecule has 0 bridgehead atoms. The highest BCUT2D eigenvalue weighted by atomic mass is 16.3. The summed E-state index contributed by atoms with van der Waals surface area (Å²) in [5.74, 6) is -0.388. The summed E-state index contributed by atoms with van der Waals surface area (Å²) in [6, 6.07) is 9.49. The average molecular weight is 488 g/mol. The smallest absolute Gasteiger partial charge is 0.250 e. The van der Waals surface area contributed by atoms with Gasteiger partial charge in [0, 0.05) is 37.0 Å². The lowest BCUT2D eigenvalue weighted by Gasteiger charge is -2.29. The fraction of sp³-hybridized carbons (Fsp3) is 0.429. The fourth-order valence-electron chi connectivity index (χ4n) is 5.50. The topological polar surface area (TPSA) is 123 Å². The molecule has 0 radical (unpaired) electrons. The minimum atomic E-state index is -0.503. The number of carbonyl (C=O) groups excluding carboxylic acids is 2. The molecule has 36 heavy (non-hydrogen) atoms. The molecular formula is C28H33N5O3. The lowest BCUT2D eigenvalue weighted by atomic mass is 9.75. The van der Waals surface area contributed by atoms with Crippen LogP contribution in [0.25, 0.3) is 5.69 Å². The standard InChI is InChI=1S/C28H33N5O3/c1-28(2)15-24-26(25(35)16-28)23(13-17-9-11-30-12-10-17)32-33(24)19-5-8-21(27(29)36)22(14-19)31-18-3-6-20(34)7-4-18/h5,8-12,14,18,20,31,34H,3-4,6-7,13,15-16H2,1-2H3,(H2,29,36). The number of rotatable bonds is 6. The zero-order valence-corrected chi connectivity index (χ0v) is 20.8. The predicted octanol–water partition coefficient (Wildman–Crippen LogP) is 3.83. The van der Waals surface area contributed by atoms with Crippen LogP contribution in [0.3, 0.4) is 0 Å². The van der Waals surface area contributed by atoms with Gasteiger partial charge in [0.15, 0.2) is 5.78 Å². The second-order valence-electron chi connectivity index (χ2n) is 10.9. The Hall–Kier alpha value is -3.52. The van der Waals surface area contributed by atoms with Crippen molar-refractivity contribution in [3.8, 4) is 5.69 Å². The number of carbonyl (C=O) groups is 2. The third-order valence-electron chi connectivity index (χ3n) is 7.31. The molecule has 2 aliphatic rings. The molecule has 0 atom stereocenters. The number of amides is 1. The molecule has 1 amide bonds. The maximum Gasteiger partial charge on any atom is 0.250 e. The first-order chi connectivity index (χ1) is 17.2. The SMILES string of the molecule is CC1(C)CC(=O)c2c(Cc3ccncc3)nn(-c3ccc(C(N)=O)c(NC4CCC(O)CC4)c3)c2C1. The van der Waals surface area contributed by atoms with Gasteiger partial charge in [-0.3, -0.25) is 14.6 Å². The molecule has 2 heterocycles. The fourth-order valence-corrected chi connectivity index (χ4v) is 5.50. The van der Waals surface area contributed by atoms with Crippen molar-refractivity contribution in [2.45, 2.75) is 70.9 Å². The summed E-state index contributed by atoms with van der Waals surface area (Å²) in [5, 5.41) is 18.3.